The van der Waals surface area contributed by atoms with E-state index in [1.54, 1.807) is 0 Å². The minimum Gasteiger partial charge on any atom is -0.351 e. The fourth-order valence-corrected chi connectivity index (χ4v) is 2.30. The molecule has 0 aliphatic rings. The summed E-state index contributed by atoms with van der Waals surface area (Å²) >= 11 is 3.41. The first kappa shape index (κ1) is 16.0. The zero-order valence-corrected chi connectivity index (χ0v) is 13.1. The molecule has 1 amide bonds. The van der Waals surface area contributed by atoms with Crippen LogP contribution in [0.2, 0.25) is 0 Å². The Morgan fingerprint density at radius 2 is 1.75 bits per heavy atom. The maximum absolute atomic E-state index is 11.9. The van der Waals surface area contributed by atoms with Crippen molar-refractivity contribution in [2.45, 2.75) is 59.9 Å². The van der Waals surface area contributed by atoms with E-state index in [4.69, 9.17) is 0 Å². The van der Waals surface area contributed by atoms with Crippen LogP contribution in [0.3, 0.4) is 0 Å². The van der Waals surface area contributed by atoms with Crippen molar-refractivity contribution in [1.29, 1.82) is 0 Å². The van der Waals surface area contributed by atoms with Gasteiger partial charge in [-0.3, -0.25) is 4.79 Å². The van der Waals surface area contributed by atoms with Crippen LogP contribution in [0.5, 0.6) is 0 Å². The van der Waals surface area contributed by atoms with Gasteiger partial charge in [0, 0.05) is 17.3 Å². The van der Waals surface area contributed by atoms with Crippen LogP contribution < -0.4 is 5.32 Å². The monoisotopic (exact) mass is 291 g/mol. The highest BCUT2D eigenvalue weighted by Gasteiger charge is 2.25. The molecule has 0 saturated carbocycles. The molecule has 3 heteroatoms. The molecule has 96 valence electrons. The number of rotatable bonds is 5. The Bertz CT molecular complexity index is 231. The van der Waals surface area contributed by atoms with E-state index < -0.39 is 0 Å². The van der Waals surface area contributed by atoms with Gasteiger partial charge in [-0.2, -0.15) is 0 Å². The largest absolute Gasteiger partial charge is 0.351 e. The van der Waals surface area contributed by atoms with Gasteiger partial charge in [0.2, 0.25) is 5.91 Å². The lowest BCUT2D eigenvalue weighted by atomic mass is 9.80. The molecule has 0 aromatic carbocycles. The van der Waals surface area contributed by atoms with E-state index in [2.05, 4.69) is 62.8 Å². The molecule has 0 fully saturated rings. The highest BCUT2D eigenvalue weighted by atomic mass is 79.9. The van der Waals surface area contributed by atoms with Gasteiger partial charge in [-0.05, 0) is 31.6 Å². The standard InChI is InChI=1S/C13H26BrNO/c1-10(12(2,3)4)9-11(16)15-13(5,6)7-8-14/h10H,7-9H2,1-6H3,(H,15,16). The van der Waals surface area contributed by atoms with E-state index in [1.165, 1.54) is 0 Å². The molecule has 1 atom stereocenters. The smallest absolute Gasteiger partial charge is 0.220 e. The second-order valence-corrected chi connectivity index (χ2v) is 7.14. The van der Waals surface area contributed by atoms with Gasteiger partial charge in [-0.15, -0.1) is 0 Å². The van der Waals surface area contributed by atoms with Gasteiger partial charge in [-0.25, -0.2) is 0 Å². The van der Waals surface area contributed by atoms with Gasteiger partial charge < -0.3 is 5.32 Å². The Morgan fingerprint density at radius 1 is 1.25 bits per heavy atom. The molecule has 0 aromatic heterocycles. The van der Waals surface area contributed by atoms with Crippen LogP contribution in [0.15, 0.2) is 0 Å². The predicted octanol–water partition coefficient (Wildman–Crippen LogP) is 3.74. The molecule has 0 aliphatic heterocycles. The Morgan fingerprint density at radius 3 is 2.12 bits per heavy atom. The molecule has 16 heavy (non-hydrogen) atoms. The van der Waals surface area contributed by atoms with Crippen molar-refractivity contribution in [3.05, 3.63) is 0 Å². The zero-order valence-electron chi connectivity index (χ0n) is 11.5. The summed E-state index contributed by atoms with van der Waals surface area (Å²) in [6.45, 7) is 12.8. The minimum atomic E-state index is -0.113. The number of carbonyl (C=O) groups is 1. The van der Waals surface area contributed by atoms with E-state index in [0.717, 1.165) is 11.8 Å². The van der Waals surface area contributed by atoms with Crippen molar-refractivity contribution >= 4 is 21.8 Å². The summed E-state index contributed by atoms with van der Waals surface area (Å²) in [6.07, 6.45) is 1.55. The molecular weight excluding hydrogens is 266 g/mol. The normalized spacial score (nSPS) is 14.7. The summed E-state index contributed by atoms with van der Waals surface area (Å²) in [6, 6.07) is 0. The van der Waals surface area contributed by atoms with E-state index in [-0.39, 0.29) is 16.9 Å². The summed E-state index contributed by atoms with van der Waals surface area (Å²) in [5, 5.41) is 4.00. The topological polar surface area (TPSA) is 29.1 Å². The molecule has 1 N–H and O–H groups in total. The SMILES string of the molecule is CC(CC(=O)NC(C)(C)CCBr)C(C)(C)C. The number of hydrogen-bond acceptors (Lipinski definition) is 1. The molecular formula is C13H26BrNO. The summed E-state index contributed by atoms with van der Waals surface area (Å²) in [4.78, 5) is 11.9. The second kappa shape index (κ2) is 6.04. The highest BCUT2D eigenvalue weighted by molar-refractivity contribution is 9.09. The summed E-state index contributed by atoms with van der Waals surface area (Å²) in [5.41, 5.74) is 0.0785. The third-order valence-corrected chi connectivity index (χ3v) is 3.56. The molecule has 0 heterocycles. The van der Waals surface area contributed by atoms with Crippen LogP contribution in [-0.4, -0.2) is 16.8 Å². The molecule has 0 saturated heterocycles. The van der Waals surface area contributed by atoms with Gasteiger partial charge >= 0.3 is 0 Å². The van der Waals surface area contributed by atoms with Gasteiger partial charge in [0.1, 0.15) is 0 Å². The van der Waals surface area contributed by atoms with Crippen molar-refractivity contribution in [3.8, 4) is 0 Å². The van der Waals surface area contributed by atoms with Crippen LogP contribution in [0.4, 0.5) is 0 Å². The first-order chi connectivity index (χ1) is 7.08. The van der Waals surface area contributed by atoms with Crippen LogP contribution >= 0.6 is 15.9 Å². The molecule has 0 bridgehead atoms. The number of carbonyl (C=O) groups excluding carboxylic acids is 1. The Kier molecular flexibility index (Phi) is 6.02. The van der Waals surface area contributed by atoms with E-state index in [9.17, 15) is 4.79 Å². The van der Waals surface area contributed by atoms with Crippen LogP contribution in [-0.2, 0) is 4.79 Å². The van der Waals surface area contributed by atoms with Crippen molar-refractivity contribution in [3.63, 3.8) is 0 Å². The van der Waals surface area contributed by atoms with Gasteiger partial charge in [0.05, 0.1) is 0 Å². The van der Waals surface area contributed by atoms with Crippen molar-refractivity contribution in [1.82, 2.24) is 5.32 Å². The van der Waals surface area contributed by atoms with E-state index in [0.29, 0.717) is 12.3 Å². The first-order valence-corrected chi connectivity index (χ1v) is 7.07. The number of nitrogens with one attached hydrogen (secondary N) is 1. The third kappa shape index (κ3) is 6.51. The quantitative estimate of drug-likeness (QED) is 0.768. The van der Waals surface area contributed by atoms with Crippen molar-refractivity contribution in [2.75, 3.05) is 5.33 Å². The van der Waals surface area contributed by atoms with Gasteiger partial charge in [-0.1, -0.05) is 43.6 Å². The van der Waals surface area contributed by atoms with Crippen LogP contribution in [0.1, 0.15) is 54.4 Å². The lowest BCUT2D eigenvalue weighted by molar-refractivity contribution is -0.124. The zero-order chi connectivity index (χ0) is 13.0. The average molecular weight is 292 g/mol. The molecule has 1 unspecified atom stereocenters. The van der Waals surface area contributed by atoms with Crippen LogP contribution in [0.25, 0.3) is 0 Å². The Balaban J connectivity index is 4.19. The average Bonchev–Trinajstić information content (AvgIpc) is 1.99. The lowest BCUT2D eigenvalue weighted by Crippen LogP contribution is -2.44. The first-order valence-electron chi connectivity index (χ1n) is 5.95. The fraction of sp³-hybridized carbons (Fsp3) is 0.923. The summed E-state index contributed by atoms with van der Waals surface area (Å²) in [5.74, 6) is 0.556. The van der Waals surface area contributed by atoms with Crippen molar-refractivity contribution < 1.29 is 4.79 Å². The van der Waals surface area contributed by atoms with Crippen LogP contribution in [0, 0.1) is 11.3 Å². The highest BCUT2D eigenvalue weighted by Crippen LogP contribution is 2.28. The number of hydrogen-bond donors (Lipinski definition) is 1. The summed E-state index contributed by atoms with van der Waals surface area (Å²) in [7, 11) is 0. The number of alkyl halides is 1. The fourth-order valence-electron chi connectivity index (χ4n) is 1.31. The van der Waals surface area contributed by atoms with E-state index >= 15 is 0 Å². The molecule has 0 rings (SSSR count). The number of amides is 1. The van der Waals surface area contributed by atoms with Crippen molar-refractivity contribution in [2.24, 2.45) is 11.3 Å². The maximum atomic E-state index is 11.9. The lowest BCUT2D eigenvalue weighted by Gasteiger charge is -2.30. The Labute approximate surface area is 109 Å². The summed E-state index contributed by atoms with van der Waals surface area (Å²) < 4.78 is 0. The van der Waals surface area contributed by atoms with E-state index in [1.807, 2.05) is 0 Å². The third-order valence-electron chi connectivity index (χ3n) is 3.17. The van der Waals surface area contributed by atoms with Gasteiger partial charge in [0.15, 0.2) is 0 Å². The molecule has 0 aromatic rings. The maximum Gasteiger partial charge on any atom is 0.220 e. The molecule has 0 radical (unpaired) electrons. The minimum absolute atomic E-state index is 0.113. The van der Waals surface area contributed by atoms with Gasteiger partial charge in [0.25, 0.3) is 0 Å². The second-order valence-electron chi connectivity index (χ2n) is 6.34. The predicted molar refractivity (Wildman–Crippen MR) is 73.9 cm³/mol. The number of halogens is 1. The Hall–Kier alpha value is -0.0500. The molecule has 0 spiro atoms. The molecule has 2 nitrogen and oxygen atoms in total. The molecule has 0 aliphatic carbocycles.